The maximum atomic E-state index is 12.9. The van der Waals surface area contributed by atoms with Gasteiger partial charge in [0.15, 0.2) is 0 Å². The van der Waals surface area contributed by atoms with Gasteiger partial charge in [0.1, 0.15) is 12.4 Å². The third-order valence-electron chi connectivity index (χ3n) is 5.29. The Morgan fingerprint density at radius 2 is 1.62 bits per heavy atom. The Balaban J connectivity index is 1.63. The van der Waals surface area contributed by atoms with Crippen molar-refractivity contribution in [2.45, 2.75) is 19.6 Å². The third kappa shape index (κ3) is 5.19. The number of ether oxygens (including phenoxy) is 2. The van der Waals surface area contributed by atoms with Crippen molar-refractivity contribution in [3.8, 4) is 5.75 Å². The highest BCUT2D eigenvalue weighted by Gasteiger charge is 2.34. The average Bonchev–Trinajstić information content (AvgIpc) is 2.84. The summed E-state index contributed by atoms with van der Waals surface area (Å²) in [6, 6.07) is 20.5. The summed E-state index contributed by atoms with van der Waals surface area (Å²) in [4.78, 5) is 25.4. The van der Waals surface area contributed by atoms with Crippen LogP contribution in [0.3, 0.4) is 0 Å². The van der Waals surface area contributed by atoms with Crippen molar-refractivity contribution in [3.05, 3.63) is 105 Å². The number of esters is 1. The number of halogens is 2. The largest absolute Gasteiger partial charge is 0.489 e. The number of hydrogen-bond donors (Lipinski definition) is 2. The van der Waals surface area contributed by atoms with E-state index in [-0.39, 0.29) is 13.2 Å². The summed E-state index contributed by atoms with van der Waals surface area (Å²) in [7, 11) is 0. The van der Waals surface area contributed by atoms with Crippen molar-refractivity contribution in [1.29, 1.82) is 0 Å². The van der Waals surface area contributed by atoms with E-state index in [2.05, 4.69) is 10.6 Å². The smallest absolute Gasteiger partial charge is 0.338 e. The Hall–Kier alpha value is -3.48. The van der Waals surface area contributed by atoms with E-state index in [1.54, 1.807) is 49.4 Å². The summed E-state index contributed by atoms with van der Waals surface area (Å²) in [5, 5.41) is 6.64. The van der Waals surface area contributed by atoms with Crippen LogP contribution < -0.4 is 15.4 Å². The fourth-order valence-corrected chi connectivity index (χ4v) is 4.16. The summed E-state index contributed by atoms with van der Waals surface area (Å²) in [6.07, 6.45) is 0. The molecule has 2 amide bonds. The molecule has 8 heteroatoms. The standard InChI is InChI=1S/C26H22Cl2N2O4/c1-2-33-25(31)22-23(16-7-4-3-5-8-16)29-26(32)30-24(22)17-11-13-18(14-12-17)34-15-19-20(27)9-6-10-21(19)28/h3-14,24H,2,15H2,1H3,(H2,29,30,32). The van der Waals surface area contributed by atoms with Crippen LogP contribution in [-0.4, -0.2) is 18.6 Å². The first-order valence-corrected chi connectivity index (χ1v) is 11.4. The molecule has 0 aliphatic carbocycles. The molecule has 1 atom stereocenters. The molecule has 0 aromatic heterocycles. The van der Waals surface area contributed by atoms with Gasteiger partial charge < -0.3 is 20.1 Å². The van der Waals surface area contributed by atoms with Crippen molar-refractivity contribution in [3.63, 3.8) is 0 Å². The number of carbonyl (C=O) groups excluding carboxylic acids is 2. The number of rotatable bonds is 7. The lowest BCUT2D eigenvalue weighted by Gasteiger charge is -2.29. The van der Waals surface area contributed by atoms with Crippen LogP contribution in [0.25, 0.3) is 5.70 Å². The van der Waals surface area contributed by atoms with E-state index in [0.29, 0.717) is 43.8 Å². The van der Waals surface area contributed by atoms with Crippen molar-refractivity contribution in [1.82, 2.24) is 10.6 Å². The van der Waals surface area contributed by atoms with Crippen LogP contribution in [0.4, 0.5) is 4.79 Å². The van der Waals surface area contributed by atoms with E-state index in [1.165, 1.54) is 0 Å². The number of amides is 2. The van der Waals surface area contributed by atoms with Gasteiger partial charge in [0.25, 0.3) is 0 Å². The Labute approximate surface area is 207 Å². The van der Waals surface area contributed by atoms with Crippen LogP contribution in [0.2, 0.25) is 10.0 Å². The normalized spacial score (nSPS) is 15.4. The first kappa shape index (κ1) is 23.7. The first-order valence-electron chi connectivity index (χ1n) is 10.7. The van der Waals surface area contributed by atoms with E-state index in [1.807, 2.05) is 30.3 Å². The number of benzene rings is 3. The van der Waals surface area contributed by atoms with Gasteiger partial charge >= 0.3 is 12.0 Å². The molecule has 174 valence electrons. The highest BCUT2D eigenvalue weighted by Crippen LogP contribution is 2.33. The van der Waals surface area contributed by atoms with Crippen molar-refractivity contribution in [2.24, 2.45) is 0 Å². The van der Waals surface area contributed by atoms with Gasteiger partial charge in [-0.1, -0.05) is 71.7 Å². The molecule has 0 bridgehead atoms. The predicted molar refractivity (Wildman–Crippen MR) is 132 cm³/mol. The number of urea groups is 1. The molecule has 0 fully saturated rings. The molecule has 4 rings (SSSR count). The Morgan fingerprint density at radius 3 is 2.26 bits per heavy atom. The SMILES string of the molecule is CCOC(=O)C1=C(c2ccccc2)NC(=O)NC1c1ccc(OCc2c(Cl)cccc2Cl)cc1. The lowest BCUT2D eigenvalue weighted by atomic mass is 9.92. The lowest BCUT2D eigenvalue weighted by Crippen LogP contribution is -2.45. The molecule has 0 spiro atoms. The fraction of sp³-hybridized carbons (Fsp3) is 0.154. The Morgan fingerprint density at radius 1 is 0.941 bits per heavy atom. The maximum Gasteiger partial charge on any atom is 0.338 e. The molecule has 1 aliphatic heterocycles. The van der Waals surface area contributed by atoms with Crippen molar-refractivity contribution < 1.29 is 19.1 Å². The maximum absolute atomic E-state index is 12.9. The molecular formula is C26H22Cl2N2O4. The second-order valence-corrected chi connectivity index (χ2v) is 8.28. The Kier molecular flexibility index (Phi) is 7.40. The van der Waals surface area contributed by atoms with E-state index >= 15 is 0 Å². The quantitative estimate of drug-likeness (QED) is 0.399. The van der Waals surface area contributed by atoms with Crippen LogP contribution in [-0.2, 0) is 16.1 Å². The van der Waals surface area contributed by atoms with E-state index in [0.717, 1.165) is 0 Å². The fourth-order valence-electron chi connectivity index (χ4n) is 3.66. The van der Waals surface area contributed by atoms with Crippen LogP contribution >= 0.6 is 23.2 Å². The molecular weight excluding hydrogens is 475 g/mol. The first-order chi connectivity index (χ1) is 16.5. The minimum Gasteiger partial charge on any atom is -0.489 e. The van der Waals surface area contributed by atoms with Gasteiger partial charge in [0.2, 0.25) is 0 Å². The van der Waals surface area contributed by atoms with Crippen molar-refractivity contribution >= 4 is 40.9 Å². The zero-order chi connectivity index (χ0) is 24.1. The molecule has 34 heavy (non-hydrogen) atoms. The minimum absolute atomic E-state index is 0.202. The molecule has 0 saturated heterocycles. The zero-order valence-electron chi connectivity index (χ0n) is 18.3. The number of carbonyl (C=O) groups is 2. The lowest BCUT2D eigenvalue weighted by molar-refractivity contribution is -0.138. The van der Waals surface area contributed by atoms with Gasteiger partial charge in [0, 0.05) is 15.6 Å². The van der Waals surface area contributed by atoms with Gasteiger partial charge in [-0.05, 0) is 42.3 Å². The summed E-state index contributed by atoms with van der Waals surface area (Å²) >= 11 is 12.4. The summed E-state index contributed by atoms with van der Waals surface area (Å²) < 4.78 is 11.2. The second-order valence-electron chi connectivity index (χ2n) is 7.46. The molecule has 3 aromatic rings. The molecule has 1 unspecified atom stereocenters. The highest BCUT2D eigenvalue weighted by atomic mass is 35.5. The van der Waals surface area contributed by atoms with E-state index < -0.39 is 18.0 Å². The van der Waals surface area contributed by atoms with Crippen LogP contribution in [0.1, 0.15) is 29.7 Å². The molecule has 3 aromatic carbocycles. The molecule has 2 N–H and O–H groups in total. The zero-order valence-corrected chi connectivity index (χ0v) is 19.8. The minimum atomic E-state index is -0.699. The van der Waals surface area contributed by atoms with Gasteiger partial charge in [-0.15, -0.1) is 0 Å². The molecule has 1 aliphatic rings. The van der Waals surface area contributed by atoms with Crippen molar-refractivity contribution in [2.75, 3.05) is 6.61 Å². The Bertz CT molecular complexity index is 1210. The topological polar surface area (TPSA) is 76.7 Å². The third-order valence-corrected chi connectivity index (χ3v) is 6.00. The van der Waals surface area contributed by atoms with Gasteiger partial charge in [0.05, 0.1) is 23.9 Å². The van der Waals surface area contributed by atoms with E-state index in [4.69, 9.17) is 32.7 Å². The average molecular weight is 497 g/mol. The molecule has 1 heterocycles. The number of hydrogen-bond acceptors (Lipinski definition) is 4. The monoisotopic (exact) mass is 496 g/mol. The summed E-state index contributed by atoms with van der Waals surface area (Å²) in [5.74, 6) is 0.0810. The molecule has 6 nitrogen and oxygen atoms in total. The summed E-state index contributed by atoms with van der Waals surface area (Å²) in [5.41, 5.74) is 2.85. The van der Waals surface area contributed by atoms with Crippen LogP contribution in [0.15, 0.2) is 78.4 Å². The number of nitrogens with one attached hydrogen (secondary N) is 2. The highest BCUT2D eigenvalue weighted by molar-refractivity contribution is 6.35. The van der Waals surface area contributed by atoms with E-state index in [9.17, 15) is 9.59 Å². The van der Waals surface area contributed by atoms with Gasteiger partial charge in [-0.25, -0.2) is 9.59 Å². The summed E-state index contributed by atoms with van der Waals surface area (Å²) in [6.45, 7) is 2.15. The second kappa shape index (κ2) is 10.6. The molecule has 0 saturated carbocycles. The van der Waals surface area contributed by atoms with Gasteiger partial charge in [-0.3, -0.25) is 0 Å². The van der Waals surface area contributed by atoms with Crippen LogP contribution in [0, 0.1) is 0 Å². The molecule has 0 radical (unpaired) electrons. The van der Waals surface area contributed by atoms with Crippen LogP contribution in [0.5, 0.6) is 5.75 Å². The van der Waals surface area contributed by atoms with Gasteiger partial charge in [-0.2, -0.15) is 0 Å². The predicted octanol–water partition coefficient (Wildman–Crippen LogP) is 5.90.